The Bertz CT molecular complexity index is 1010. The largest absolute Gasteiger partial charge is 0.248 e. The Morgan fingerprint density at radius 2 is 1.50 bits per heavy atom. The van der Waals surface area contributed by atoms with Gasteiger partial charge in [-0.15, -0.1) is 0 Å². The van der Waals surface area contributed by atoms with Crippen LogP contribution >= 0.6 is 0 Å². The van der Waals surface area contributed by atoms with Gasteiger partial charge in [0.2, 0.25) is 0 Å². The number of pyridine rings is 1. The fourth-order valence-corrected chi connectivity index (χ4v) is 3.27. The van der Waals surface area contributed by atoms with Gasteiger partial charge in [-0.3, -0.25) is 0 Å². The van der Waals surface area contributed by atoms with E-state index in [0.29, 0.717) is 5.92 Å². The van der Waals surface area contributed by atoms with E-state index in [1.807, 2.05) is 0 Å². The van der Waals surface area contributed by atoms with E-state index < -0.39 is 0 Å². The van der Waals surface area contributed by atoms with E-state index in [-0.39, 0.29) is 0 Å². The van der Waals surface area contributed by atoms with Crippen molar-refractivity contribution in [1.82, 2.24) is 4.98 Å². The van der Waals surface area contributed by atoms with Crippen LogP contribution in [0.3, 0.4) is 0 Å². The summed E-state index contributed by atoms with van der Waals surface area (Å²) in [5.41, 5.74) is 4.65. The molecule has 4 aromatic rings. The molecular weight excluding hydrogens is 290 g/mol. The molecule has 0 aliphatic heterocycles. The van der Waals surface area contributed by atoms with Crippen molar-refractivity contribution in [2.24, 2.45) is 5.92 Å². The molecule has 0 saturated heterocycles. The predicted octanol–water partition coefficient (Wildman–Crippen LogP) is 6.25. The van der Waals surface area contributed by atoms with E-state index in [1.165, 1.54) is 27.3 Å². The van der Waals surface area contributed by atoms with Crippen molar-refractivity contribution in [3.63, 3.8) is 0 Å². The molecule has 0 radical (unpaired) electrons. The molecule has 4 rings (SSSR count). The first-order valence-electron chi connectivity index (χ1n) is 8.58. The van der Waals surface area contributed by atoms with Crippen LogP contribution in [0.2, 0.25) is 0 Å². The van der Waals surface area contributed by atoms with Crippen LogP contribution in [0.1, 0.15) is 19.4 Å². The van der Waals surface area contributed by atoms with E-state index >= 15 is 0 Å². The van der Waals surface area contributed by atoms with Crippen molar-refractivity contribution < 1.29 is 0 Å². The lowest BCUT2D eigenvalue weighted by molar-refractivity contribution is 0.648. The zero-order valence-corrected chi connectivity index (χ0v) is 14.2. The Kier molecular flexibility index (Phi) is 3.78. The Labute approximate surface area is 143 Å². The molecule has 0 unspecified atom stereocenters. The van der Waals surface area contributed by atoms with Gasteiger partial charge in [0.25, 0.3) is 0 Å². The van der Waals surface area contributed by atoms with Gasteiger partial charge in [0.05, 0.1) is 11.2 Å². The minimum atomic E-state index is 0.658. The number of nitrogens with zero attached hydrogens (tertiary/aromatic N) is 1. The Balaban J connectivity index is 1.79. The lowest BCUT2D eigenvalue weighted by atomic mass is 10.0. The molecule has 0 spiro atoms. The van der Waals surface area contributed by atoms with Crippen molar-refractivity contribution in [2.75, 3.05) is 0 Å². The Morgan fingerprint density at radius 1 is 0.750 bits per heavy atom. The van der Waals surface area contributed by atoms with E-state index in [1.54, 1.807) is 0 Å². The topological polar surface area (TPSA) is 12.9 Å². The highest BCUT2D eigenvalue weighted by Crippen LogP contribution is 2.25. The van der Waals surface area contributed by atoms with Crippen LogP contribution in [0.4, 0.5) is 0 Å². The molecule has 1 aromatic heterocycles. The summed E-state index contributed by atoms with van der Waals surface area (Å²) in [4.78, 5) is 4.92. The third kappa shape index (κ3) is 2.90. The first kappa shape index (κ1) is 14.9. The van der Waals surface area contributed by atoms with Gasteiger partial charge in [-0.25, -0.2) is 4.98 Å². The lowest BCUT2D eigenvalue weighted by Gasteiger charge is -2.08. The highest BCUT2D eigenvalue weighted by atomic mass is 14.7. The first-order chi connectivity index (χ1) is 11.7. The van der Waals surface area contributed by atoms with Gasteiger partial charge >= 0.3 is 0 Å². The molecule has 24 heavy (non-hydrogen) atoms. The van der Waals surface area contributed by atoms with Gasteiger partial charge in [-0.05, 0) is 46.9 Å². The van der Waals surface area contributed by atoms with E-state index in [4.69, 9.17) is 4.98 Å². The molecular formula is C23H21N. The fourth-order valence-electron chi connectivity index (χ4n) is 3.27. The zero-order valence-electron chi connectivity index (χ0n) is 14.2. The average Bonchev–Trinajstić information content (AvgIpc) is 2.60. The normalized spacial score (nSPS) is 11.5. The van der Waals surface area contributed by atoms with Gasteiger partial charge in [0, 0.05) is 10.9 Å². The summed E-state index contributed by atoms with van der Waals surface area (Å²) in [6, 6.07) is 25.9. The molecule has 0 bridgehead atoms. The maximum Gasteiger partial charge on any atom is 0.0712 e. The summed E-state index contributed by atoms with van der Waals surface area (Å²) in [7, 11) is 0. The van der Waals surface area contributed by atoms with Crippen LogP contribution in [-0.4, -0.2) is 4.98 Å². The molecule has 0 fully saturated rings. The van der Waals surface area contributed by atoms with Crippen molar-refractivity contribution >= 4 is 21.7 Å². The van der Waals surface area contributed by atoms with Crippen LogP contribution in [0.5, 0.6) is 0 Å². The number of benzene rings is 3. The number of rotatable bonds is 3. The molecule has 1 heterocycles. The standard InChI is InChI=1S/C23H21N/c1-16(2)13-17-7-8-19-11-12-22(24-23(19)14-17)21-10-9-18-5-3-4-6-20(18)15-21/h3-12,14-16H,13H2,1-2H3. The first-order valence-corrected chi connectivity index (χ1v) is 8.58. The van der Waals surface area contributed by atoms with Gasteiger partial charge < -0.3 is 0 Å². The second-order valence-corrected chi connectivity index (χ2v) is 6.88. The smallest absolute Gasteiger partial charge is 0.0712 e. The monoisotopic (exact) mass is 311 g/mol. The maximum absolute atomic E-state index is 4.92. The van der Waals surface area contributed by atoms with Crippen molar-refractivity contribution in [1.29, 1.82) is 0 Å². The third-order valence-electron chi connectivity index (χ3n) is 4.45. The predicted molar refractivity (Wildman–Crippen MR) is 103 cm³/mol. The summed E-state index contributed by atoms with van der Waals surface area (Å²) in [6.07, 6.45) is 1.10. The zero-order chi connectivity index (χ0) is 16.5. The van der Waals surface area contributed by atoms with Crippen molar-refractivity contribution in [3.05, 3.63) is 78.4 Å². The Hall–Kier alpha value is -2.67. The highest BCUT2D eigenvalue weighted by molar-refractivity contribution is 5.88. The van der Waals surface area contributed by atoms with E-state index in [2.05, 4.69) is 86.6 Å². The van der Waals surface area contributed by atoms with Crippen molar-refractivity contribution in [3.8, 4) is 11.3 Å². The maximum atomic E-state index is 4.92. The molecule has 0 aliphatic carbocycles. The molecule has 0 saturated carbocycles. The molecule has 1 heteroatoms. The second-order valence-electron chi connectivity index (χ2n) is 6.88. The molecule has 3 aromatic carbocycles. The molecule has 0 atom stereocenters. The van der Waals surface area contributed by atoms with E-state index in [0.717, 1.165) is 17.6 Å². The third-order valence-corrected chi connectivity index (χ3v) is 4.45. The molecule has 1 nitrogen and oxygen atoms in total. The number of fused-ring (bicyclic) bond motifs is 2. The average molecular weight is 311 g/mol. The minimum absolute atomic E-state index is 0.658. The minimum Gasteiger partial charge on any atom is -0.248 e. The molecule has 118 valence electrons. The number of aromatic nitrogens is 1. The van der Waals surface area contributed by atoms with Gasteiger partial charge in [0.15, 0.2) is 0 Å². The molecule has 0 N–H and O–H groups in total. The second kappa shape index (κ2) is 6.09. The Morgan fingerprint density at radius 3 is 2.33 bits per heavy atom. The number of hydrogen-bond acceptors (Lipinski definition) is 1. The SMILES string of the molecule is CC(C)Cc1ccc2ccc(-c3ccc4ccccc4c3)nc2c1. The summed E-state index contributed by atoms with van der Waals surface area (Å²) < 4.78 is 0. The van der Waals surface area contributed by atoms with Gasteiger partial charge in [-0.1, -0.05) is 68.4 Å². The molecule has 0 amide bonds. The van der Waals surface area contributed by atoms with Crippen LogP contribution in [0.15, 0.2) is 72.8 Å². The van der Waals surface area contributed by atoms with Crippen LogP contribution < -0.4 is 0 Å². The van der Waals surface area contributed by atoms with Crippen LogP contribution in [-0.2, 0) is 6.42 Å². The lowest BCUT2D eigenvalue weighted by Crippen LogP contribution is -1.94. The summed E-state index contributed by atoms with van der Waals surface area (Å²) >= 11 is 0. The quantitative estimate of drug-likeness (QED) is 0.435. The van der Waals surface area contributed by atoms with Crippen molar-refractivity contribution in [2.45, 2.75) is 20.3 Å². The van der Waals surface area contributed by atoms with Gasteiger partial charge in [0.1, 0.15) is 0 Å². The fraction of sp³-hybridized carbons (Fsp3) is 0.174. The highest BCUT2D eigenvalue weighted by Gasteiger charge is 2.05. The summed E-state index contributed by atoms with van der Waals surface area (Å²) in [5, 5.41) is 3.72. The summed E-state index contributed by atoms with van der Waals surface area (Å²) in [5.74, 6) is 0.658. The number of hydrogen-bond donors (Lipinski definition) is 0. The van der Waals surface area contributed by atoms with Gasteiger partial charge in [-0.2, -0.15) is 0 Å². The van der Waals surface area contributed by atoms with Crippen LogP contribution in [0, 0.1) is 5.92 Å². The van der Waals surface area contributed by atoms with E-state index in [9.17, 15) is 0 Å². The van der Waals surface area contributed by atoms with Crippen LogP contribution in [0.25, 0.3) is 32.9 Å². The summed E-state index contributed by atoms with van der Waals surface area (Å²) in [6.45, 7) is 4.51. The molecule has 0 aliphatic rings.